The van der Waals surface area contributed by atoms with E-state index in [1.165, 1.54) is 30.2 Å². The second-order valence-corrected chi connectivity index (χ2v) is 8.08. The van der Waals surface area contributed by atoms with Crippen molar-refractivity contribution in [1.29, 1.82) is 0 Å². The van der Waals surface area contributed by atoms with Crippen molar-refractivity contribution in [3.63, 3.8) is 0 Å². The summed E-state index contributed by atoms with van der Waals surface area (Å²) in [6.07, 6.45) is 2.49. The molecule has 0 radical (unpaired) electrons. The molecule has 2 N–H and O–H groups in total. The molecule has 1 saturated heterocycles. The van der Waals surface area contributed by atoms with Crippen LogP contribution in [-0.4, -0.2) is 50.6 Å². The second kappa shape index (κ2) is 5.23. The number of hydrogen-bond acceptors (Lipinski definition) is 5. The number of amides is 2. The Balaban J connectivity index is 2.03. The molecule has 0 spiro atoms. The molecule has 124 valence electrons. The predicted octanol–water partition coefficient (Wildman–Crippen LogP) is 0.187. The molecule has 23 heavy (non-hydrogen) atoms. The number of rotatable bonds is 4. The van der Waals surface area contributed by atoms with Crippen molar-refractivity contribution in [3.8, 4) is 5.75 Å². The maximum absolute atomic E-state index is 12.9. The molecule has 2 aliphatic rings. The molecule has 2 amide bonds. The van der Waals surface area contributed by atoms with Crippen LogP contribution in [0.3, 0.4) is 0 Å². The summed E-state index contributed by atoms with van der Waals surface area (Å²) in [6, 6.07) is 3.50. The van der Waals surface area contributed by atoms with Crippen molar-refractivity contribution in [2.75, 3.05) is 13.4 Å². The third-order valence-corrected chi connectivity index (χ3v) is 5.61. The molecule has 7 nitrogen and oxygen atoms in total. The first-order chi connectivity index (χ1) is 10.7. The van der Waals surface area contributed by atoms with Gasteiger partial charge < -0.3 is 15.4 Å². The third-order valence-electron chi connectivity index (χ3n) is 4.50. The van der Waals surface area contributed by atoms with Crippen molar-refractivity contribution < 1.29 is 22.7 Å². The molecule has 1 aromatic rings. The molecule has 1 heterocycles. The first kappa shape index (κ1) is 15.8. The van der Waals surface area contributed by atoms with Gasteiger partial charge in [-0.1, -0.05) is 0 Å². The number of likely N-dealkylation sites (tertiary alicyclic amines) is 1. The minimum atomic E-state index is -3.46. The van der Waals surface area contributed by atoms with Gasteiger partial charge in [0.25, 0.3) is 5.91 Å². The molecule has 3 unspecified atom stereocenters. The largest absolute Gasteiger partial charge is 0.496 e. The molecule has 3 atom stereocenters. The first-order valence-corrected chi connectivity index (χ1v) is 9.13. The number of sulfone groups is 1. The fourth-order valence-corrected chi connectivity index (χ4v) is 3.87. The molecule has 1 aliphatic heterocycles. The molecule has 8 heteroatoms. The molecular formula is C15H18N2O5S. The van der Waals surface area contributed by atoms with Crippen LogP contribution in [0, 0.1) is 5.92 Å². The number of primary amides is 1. The topological polar surface area (TPSA) is 107 Å². The third kappa shape index (κ3) is 2.67. The second-order valence-electron chi connectivity index (χ2n) is 6.06. The number of nitrogens with zero attached hydrogens (tertiary/aromatic N) is 1. The summed E-state index contributed by atoms with van der Waals surface area (Å²) < 4.78 is 28.6. The SMILES string of the molecule is COc1ccc(S(C)(=O)=O)cc1C(=O)N1C(C(N)=O)CC2CC21. The van der Waals surface area contributed by atoms with Crippen LogP contribution in [0.1, 0.15) is 23.2 Å². The molecule has 2 fully saturated rings. The lowest BCUT2D eigenvalue weighted by Crippen LogP contribution is -2.46. The van der Waals surface area contributed by atoms with Crippen LogP contribution in [0.5, 0.6) is 5.75 Å². The molecule has 1 aliphatic carbocycles. The van der Waals surface area contributed by atoms with Gasteiger partial charge in [-0.15, -0.1) is 0 Å². The monoisotopic (exact) mass is 338 g/mol. The zero-order valence-corrected chi connectivity index (χ0v) is 13.7. The number of ether oxygens (including phenoxy) is 1. The lowest BCUT2D eigenvalue weighted by molar-refractivity contribution is -0.122. The van der Waals surface area contributed by atoms with E-state index in [4.69, 9.17) is 10.5 Å². The minimum Gasteiger partial charge on any atom is -0.496 e. The summed E-state index contributed by atoms with van der Waals surface area (Å²) in [5.74, 6) is -0.375. The van der Waals surface area contributed by atoms with E-state index in [1.807, 2.05) is 0 Å². The van der Waals surface area contributed by atoms with Crippen LogP contribution in [-0.2, 0) is 14.6 Å². The molecule has 1 aromatic carbocycles. The Labute approximate surface area is 134 Å². The van der Waals surface area contributed by atoms with E-state index in [1.54, 1.807) is 0 Å². The van der Waals surface area contributed by atoms with Crippen LogP contribution < -0.4 is 10.5 Å². The quantitative estimate of drug-likeness (QED) is 0.843. The number of nitrogens with two attached hydrogens (primary N) is 1. The Hall–Kier alpha value is -2.09. The summed E-state index contributed by atoms with van der Waals surface area (Å²) >= 11 is 0. The Morgan fingerprint density at radius 2 is 2.00 bits per heavy atom. The summed E-state index contributed by atoms with van der Waals surface area (Å²) in [7, 11) is -2.05. The van der Waals surface area contributed by atoms with Crippen LogP contribution in [0.4, 0.5) is 0 Å². The summed E-state index contributed by atoms with van der Waals surface area (Å²) in [5, 5.41) is 0. The number of methoxy groups -OCH3 is 1. The summed E-state index contributed by atoms with van der Waals surface area (Å²) in [5.41, 5.74) is 5.53. The zero-order valence-electron chi connectivity index (χ0n) is 12.9. The Morgan fingerprint density at radius 3 is 2.57 bits per heavy atom. The van der Waals surface area contributed by atoms with Gasteiger partial charge in [-0.05, 0) is 37.0 Å². The lowest BCUT2D eigenvalue weighted by Gasteiger charge is -2.26. The van der Waals surface area contributed by atoms with Crippen molar-refractivity contribution in [2.24, 2.45) is 11.7 Å². The smallest absolute Gasteiger partial charge is 0.258 e. The number of carbonyl (C=O) groups is 2. The highest BCUT2D eigenvalue weighted by atomic mass is 32.2. The van der Waals surface area contributed by atoms with Gasteiger partial charge in [0.2, 0.25) is 5.91 Å². The number of fused-ring (bicyclic) bond motifs is 1. The average molecular weight is 338 g/mol. The maximum Gasteiger partial charge on any atom is 0.258 e. The maximum atomic E-state index is 12.9. The van der Waals surface area contributed by atoms with E-state index in [0.717, 1.165) is 12.7 Å². The highest BCUT2D eigenvalue weighted by Crippen LogP contribution is 2.48. The number of hydrogen-bond donors (Lipinski definition) is 1. The standard InChI is InChI=1S/C15H18N2O5S/c1-22-13-4-3-9(23(2,20)21)7-10(13)15(19)17-11-5-8(11)6-12(17)14(16)18/h3-4,7-8,11-12H,5-6H2,1-2H3,(H2,16,18). The van der Waals surface area contributed by atoms with Gasteiger partial charge in [-0.25, -0.2) is 8.42 Å². The van der Waals surface area contributed by atoms with Crippen LogP contribution in [0.25, 0.3) is 0 Å². The van der Waals surface area contributed by atoms with E-state index in [0.29, 0.717) is 12.3 Å². The fraction of sp³-hybridized carbons (Fsp3) is 0.467. The Kier molecular flexibility index (Phi) is 3.59. The first-order valence-electron chi connectivity index (χ1n) is 7.24. The zero-order chi connectivity index (χ0) is 16.9. The molecule has 0 bridgehead atoms. The van der Waals surface area contributed by atoms with Crippen molar-refractivity contribution in [2.45, 2.75) is 29.8 Å². The van der Waals surface area contributed by atoms with Gasteiger partial charge >= 0.3 is 0 Å². The van der Waals surface area contributed by atoms with E-state index in [2.05, 4.69) is 0 Å². The van der Waals surface area contributed by atoms with Gasteiger partial charge in [0.15, 0.2) is 9.84 Å². The summed E-state index contributed by atoms with van der Waals surface area (Å²) in [4.78, 5) is 26.0. The van der Waals surface area contributed by atoms with E-state index in [-0.39, 0.29) is 22.3 Å². The Morgan fingerprint density at radius 1 is 1.30 bits per heavy atom. The summed E-state index contributed by atoms with van der Waals surface area (Å²) in [6.45, 7) is 0. The van der Waals surface area contributed by atoms with Crippen molar-refractivity contribution in [1.82, 2.24) is 4.90 Å². The number of piperidine rings is 1. The number of carbonyl (C=O) groups excluding carboxylic acids is 2. The molecule has 3 rings (SSSR count). The van der Waals surface area contributed by atoms with Crippen molar-refractivity contribution in [3.05, 3.63) is 23.8 Å². The van der Waals surface area contributed by atoms with Gasteiger partial charge in [-0.3, -0.25) is 9.59 Å². The number of benzene rings is 1. The van der Waals surface area contributed by atoms with Gasteiger partial charge in [0, 0.05) is 12.3 Å². The highest BCUT2D eigenvalue weighted by molar-refractivity contribution is 7.90. The van der Waals surface area contributed by atoms with Crippen LogP contribution in [0.2, 0.25) is 0 Å². The van der Waals surface area contributed by atoms with Gasteiger partial charge in [-0.2, -0.15) is 0 Å². The van der Waals surface area contributed by atoms with E-state index < -0.39 is 27.7 Å². The van der Waals surface area contributed by atoms with Gasteiger partial charge in [0.1, 0.15) is 11.8 Å². The van der Waals surface area contributed by atoms with E-state index in [9.17, 15) is 18.0 Å². The highest BCUT2D eigenvalue weighted by Gasteiger charge is 2.56. The fourth-order valence-electron chi connectivity index (χ4n) is 3.23. The lowest BCUT2D eigenvalue weighted by atomic mass is 10.1. The molecule has 1 saturated carbocycles. The predicted molar refractivity (Wildman–Crippen MR) is 81.8 cm³/mol. The minimum absolute atomic E-state index is 0.00611. The normalized spacial score (nSPS) is 25.8. The van der Waals surface area contributed by atoms with E-state index >= 15 is 0 Å². The van der Waals surface area contributed by atoms with Crippen LogP contribution in [0.15, 0.2) is 23.1 Å². The Bertz CT molecular complexity index is 789. The van der Waals surface area contributed by atoms with Crippen LogP contribution >= 0.6 is 0 Å². The molecular weight excluding hydrogens is 320 g/mol. The van der Waals surface area contributed by atoms with Gasteiger partial charge in [0.05, 0.1) is 17.6 Å². The molecule has 0 aromatic heterocycles. The average Bonchev–Trinajstić information content (AvgIpc) is 3.15. The van der Waals surface area contributed by atoms with Crippen molar-refractivity contribution >= 4 is 21.7 Å².